The quantitative estimate of drug-likeness (QED) is 0.552. The van der Waals surface area contributed by atoms with E-state index >= 15 is 0 Å². The van der Waals surface area contributed by atoms with Crippen LogP contribution >= 0.6 is 0 Å². The number of fused-ring (bicyclic) bond motifs is 3. The predicted octanol–water partition coefficient (Wildman–Crippen LogP) is 4.97. The Morgan fingerprint density at radius 2 is 1.50 bits per heavy atom. The van der Waals surface area contributed by atoms with Crippen molar-refractivity contribution >= 4 is 13.3 Å². The maximum atomic E-state index is 2.52. The minimum Gasteiger partial charge on any atom is -0.0650 e. The molecule has 0 nitrogen and oxygen atoms in total. The molecule has 2 aromatic carbocycles. The average molecular weight is 280 g/mol. The molecule has 1 heteroatoms. The SMILES string of the molecule is CC(C)(C)[Si](C)(C)c1cccc2c1-c1ccccc1C2. The lowest BCUT2D eigenvalue weighted by Crippen LogP contribution is -2.50. The molecular formula is C19H24Si. The lowest BCUT2D eigenvalue weighted by molar-refractivity contribution is 0.729. The third-order valence-electron chi connectivity index (χ3n) is 5.37. The molecule has 0 fully saturated rings. The van der Waals surface area contributed by atoms with Gasteiger partial charge in [0.2, 0.25) is 0 Å². The Hall–Kier alpha value is -1.34. The van der Waals surface area contributed by atoms with E-state index in [1.807, 2.05) is 0 Å². The summed E-state index contributed by atoms with van der Waals surface area (Å²) in [6.45, 7) is 12.2. The van der Waals surface area contributed by atoms with Crippen molar-refractivity contribution < 1.29 is 0 Å². The molecule has 0 spiro atoms. The maximum absolute atomic E-state index is 2.52. The second kappa shape index (κ2) is 4.32. The summed E-state index contributed by atoms with van der Waals surface area (Å²) in [5, 5.41) is 2.01. The van der Waals surface area contributed by atoms with Gasteiger partial charge in [-0.15, -0.1) is 0 Å². The van der Waals surface area contributed by atoms with E-state index in [9.17, 15) is 0 Å². The Morgan fingerprint density at radius 1 is 0.850 bits per heavy atom. The maximum Gasteiger partial charge on any atom is 0.0867 e. The molecule has 1 aliphatic carbocycles. The summed E-state index contributed by atoms with van der Waals surface area (Å²) in [7, 11) is -1.51. The van der Waals surface area contributed by atoms with Crippen LogP contribution in [-0.2, 0) is 6.42 Å². The van der Waals surface area contributed by atoms with Gasteiger partial charge < -0.3 is 0 Å². The monoisotopic (exact) mass is 280 g/mol. The zero-order valence-electron chi connectivity index (χ0n) is 13.2. The van der Waals surface area contributed by atoms with E-state index in [1.165, 1.54) is 16.7 Å². The van der Waals surface area contributed by atoms with Crippen LogP contribution in [0.4, 0.5) is 0 Å². The lowest BCUT2D eigenvalue weighted by Gasteiger charge is -2.38. The van der Waals surface area contributed by atoms with Crippen LogP contribution in [0, 0.1) is 0 Å². The van der Waals surface area contributed by atoms with Crippen LogP contribution in [0.1, 0.15) is 31.9 Å². The number of benzene rings is 2. The standard InChI is InChI=1S/C19H24Si/c1-19(2,3)20(4,5)17-12-8-10-15-13-14-9-6-7-11-16(14)18(15)17/h6-12H,13H2,1-5H3. The minimum absolute atomic E-state index is 0.375. The minimum atomic E-state index is -1.51. The smallest absolute Gasteiger partial charge is 0.0650 e. The van der Waals surface area contributed by atoms with Gasteiger partial charge in [-0.25, -0.2) is 0 Å². The van der Waals surface area contributed by atoms with E-state index in [0.29, 0.717) is 5.04 Å². The van der Waals surface area contributed by atoms with Crippen molar-refractivity contribution in [3.8, 4) is 11.1 Å². The summed E-state index contributed by atoms with van der Waals surface area (Å²) < 4.78 is 0. The van der Waals surface area contributed by atoms with Crippen LogP contribution in [0.2, 0.25) is 18.1 Å². The van der Waals surface area contributed by atoms with Gasteiger partial charge in [-0.05, 0) is 33.7 Å². The molecule has 20 heavy (non-hydrogen) atoms. The van der Waals surface area contributed by atoms with Crippen molar-refractivity contribution in [3.63, 3.8) is 0 Å². The van der Waals surface area contributed by atoms with E-state index in [4.69, 9.17) is 0 Å². The zero-order valence-corrected chi connectivity index (χ0v) is 14.2. The zero-order chi connectivity index (χ0) is 14.5. The first-order valence-electron chi connectivity index (χ1n) is 7.53. The molecule has 0 amide bonds. The van der Waals surface area contributed by atoms with Crippen molar-refractivity contribution in [2.75, 3.05) is 0 Å². The summed E-state index contributed by atoms with van der Waals surface area (Å²) >= 11 is 0. The van der Waals surface area contributed by atoms with Crippen molar-refractivity contribution in [1.29, 1.82) is 0 Å². The second-order valence-corrected chi connectivity index (χ2v) is 12.8. The lowest BCUT2D eigenvalue weighted by atomic mass is 10.1. The molecule has 0 saturated heterocycles. The Morgan fingerprint density at radius 3 is 2.20 bits per heavy atom. The molecule has 0 aliphatic heterocycles. The molecule has 0 atom stereocenters. The van der Waals surface area contributed by atoms with Crippen LogP contribution in [0.3, 0.4) is 0 Å². The van der Waals surface area contributed by atoms with Gasteiger partial charge in [-0.2, -0.15) is 0 Å². The average Bonchev–Trinajstić information content (AvgIpc) is 2.75. The molecule has 0 heterocycles. The first-order valence-corrected chi connectivity index (χ1v) is 10.5. The van der Waals surface area contributed by atoms with Gasteiger partial charge >= 0.3 is 0 Å². The molecule has 0 aromatic heterocycles. The molecule has 0 radical (unpaired) electrons. The Balaban J connectivity index is 2.26. The van der Waals surface area contributed by atoms with Crippen LogP contribution in [-0.4, -0.2) is 8.07 Å². The molecule has 3 rings (SSSR count). The van der Waals surface area contributed by atoms with Crippen molar-refractivity contribution in [2.24, 2.45) is 0 Å². The third kappa shape index (κ3) is 1.88. The number of hydrogen-bond donors (Lipinski definition) is 0. The highest BCUT2D eigenvalue weighted by molar-refractivity contribution is 6.93. The molecular weight excluding hydrogens is 256 g/mol. The summed E-state index contributed by atoms with van der Waals surface area (Å²) in [5.74, 6) is 0. The molecule has 2 aromatic rings. The molecule has 1 aliphatic rings. The van der Waals surface area contributed by atoms with E-state index < -0.39 is 8.07 Å². The highest BCUT2D eigenvalue weighted by Crippen LogP contribution is 2.41. The van der Waals surface area contributed by atoms with E-state index in [2.05, 4.69) is 76.3 Å². The summed E-state index contributed by atoms with van der Waals surface area (Å²) in [6, 6.07) is 15.9. The first kappa shape index (κ1) is 13.6. The van der Waals surface area contributed by atoms with Gasteiger partial charge in [-0.3, -0.25) is 0 Å². The highest BCUT2D eigenvalue weighted by atomic mass is 28.3. The van der Waals surface area contributed by atoms with Crippen LogP contribution in [0.15, 0.2) is 42.5 Å². The van der Waals surface area contributed by atoms with Gasteiger partial charge in [0.1, 0.15) is 0 Å². The van der Waals surface area contributed by atoms with Crippen molar-refractivity contribution in [3.05, 3.63) is 53.6 Å². The van der Waals surface area contributed by atoms with E-state index in [0.717, 1.165) is 6.42 Å². The Bertz CT molecular complexity index is 660. The van der Waals surface area contributed by atoms with Crippen LogP contribution < -0.4 is 5.19 Å². The van der Waals surface area contributed by atoms with E-state index in [1.54, 1.807) is 10.8 Å². The first-order chi connectivity index (χ1) is 9.32. The molecule has 0 unspecified atom stereocenters. The normalized spacial score (nSPS) is 14.1. The summed E-state index contributed by atoms with van der Waals surface area (Å²) in [5.41, 5.74) is 6.04. The predicted molar refractivity (Wildman–Crippen MR) is 91.5 cm³/mol. The van der Waals surface area contributed by atoms with Crippen LogP contribution in [0.5, 0.6) is 0 Å². The molecule has 104 valence electrons. The third-order valence-corrected chi connectivity index (χ3v) is 10.9. The van der Waals surface area contributed by atoms with Gasteiger partial charge in [0.15, 0.2) is 0 Å². The molecule has 0 saturated carbocycles. The largest absolute Gasteiger partial charge is 0.0867 e. The van der Waals surface area contributed by atoms with Crippen molar-refractivity contribution in [1.82, 2.24) is 0 Å². The topological polar surface area (TPSA) is 0 Å². The number of hydrogen-bond acceptors (Lipinski definition) is 0. The van der Waals surface area contributed by atoms with Gasteiger partial charge in [0.05, 0.1) is 8.07 Å². The van der Waals surface area contributed by atoms with Gasteiger partial charge in [0.25, 0.3) is 0 Å². The fourth-order valence-corrected chi connectivity index (χ4v) is 5.36. The Labute approximate surface area is 123 Å². The van der Waals surface area contributed by atoms with Crippen molar-refractivity contribution in [2.45, 2.75) is 45.3 Å². The van der Waals surface area contributed by atoms with E-state index in [-0.39, 0.29) is 0 Å². The molecule has 0 N–H and O–H groups in total. The summed E-state index contributed by atoms with van der Waals surface area (Å²) in [6.07, 6.45) is 1.11. The number of rotatable bonds is 1. The summed E-state index contributed by atoms with van der Waals surface area (Å²) in [4.78, 5) is 0. The van der Waals surface area contributed by atoms with Gasteiger partial charge in [0, 0.05) is 0 Å². The second-order valence-electron chi connectivity index (χ2n) is 7.55. The van der Waals surface area contributed by atoms with Crippen LogP contribution in [0.25, 0.3) is 11.1 Å². The highest BCUT2D eigenvalue weighted by Gasteiger charge is 2.39. The fourth-order valence-electron chi connectivity index (χ4n) is 3.11. The van der Waals surface area contributed by atoms with Gasteiger partial charge in [-0.1, -0.05) is 81.5 Å². The molecule has 0 bridgehead atoms. The Kier molecular flexibility index (Phi) is 2.95. The fraction of sp³-hybridized carbons (Fsp3) is 0.368.